The minimum Gasteiger partial charge on any atom is -0.385 e. The Labute approximate surface area is 216 Å². The molecule has 1 aromatic carbocycles. The molecule has 6 rings (SSSR count). The van der Waals surface area contributed by atoms with E-state index in [0.29, 0.717) is 23.4 Å². The first kappa shape index (κ1) is 23.7. The van der Waals surface area contributed by atoms with Crippen LogP contribution < -0.4 is 16.4 Å². The lowest BCUT2D eigenvalue weighted by molar-refractivity contribution is 0.104. The average Bonchev–Trinajstić information content (AvgIpc) is 3.67. The summed E-state index contributed by atoms with van der Waals surface area (Å²) in [6.45, 7) is 3.90. The van der Waals surface area contributed by atoms with E-state index >= 15 is 0 Å². The molecule has 1 aliphatic carbocycles. The summed E-state index contributed by atoms with van der Waals surface area (Å²) in [6.07, 6.45) is 9.44. The van der Waals surface area contributed by atoms with Gasteiger partial charge in [0.1, 0.15) is 18.0 Å². The van der Waals surface area contributed by atoms with Crippen molar-refractivity contribution in [1.82, 2.24) is 29.7 Å². The number of carbonyl (C=O) groups excluding carboxylic acids is 2. The molecule has 194 valence electrons. The number of benzene rings is 1. The fourth-order valence-corrected chi connectivity index (χ4v) is 5.58. The van der Waals surface area contributed by atoms with Crippen LogP contribution in [-0.2, 0) is 0 Å². The highest BCUT2D eigenvalue weighted by Gasteiger charge is 2.28. The van der Waals surface area contributed by atoms with Gasteiger partial charge in [-0.2, -0.15) is 0 Å². The van der Waals surface area contributed by atoms with Gasteiger partial charge in [-0.15, -0.1) is 0 Å². The van der Waals surface area contributed by atoms with Crippen LogP contribution >= 0.6 is 0 Å². The molecule has 4 heterocycles. The highest BCUT2D eigenvalue weighted by atomic mass is 16.2. The predicted octanol–water partition coefficient (Wildman–Crippen LogP) is 3.88. The van der Waals surface area contributed by atoms with E-state index in [1.54, 1.807) is 12.1 Å². The van der Waals surface area contributed by atoms with Crippen LogP contribution in [0.3, 0.4) is 0 Å². The summed E-state index contributed by atoms with van der Waals surface area (Å²) < 4.78 is 1.51. The minimum absolute atomic E-state index is 0.122. The van der Waals surface area contributed by atoms with Crippen LogP contribution in [0.1, 0.15) is 44.9 Å². The van der Waals surface area contributed by atoms with Gasteiger partial charge in [0.15, 0.2) is 0 Å². The number of urea groups is 1. The standard InChI is InChI=1S/C27H34N8O2/c28-24-15-19-14-18(4-7-23(19)35(24)27(37)31-20-5-6-20)22-16-25(30-17-29-22)32-26(36)34-12-8-21(9-13-34)33-10-2-1-3-11-33/h4,7,14-17,20-21H,1-3,5-6,8-13,28H2,(H,31,37)(H,29,30,32,36). The summed E-state index contributed by atoms with van der Waals surface area (Å²) in [5.74, 6) is 0.860. The summed E-state index contributed by atoms with van der Waals surface area (Å²) in [5, 5.41) is 6.78. The molecule has 3 aromatic rings. The second-order valence-electron chi connectivity index (χ2n) is 10.4. The molecule has 2 saturated heterocycles. The van der Waals surface area contributed by atoms with Crippen LogP contribution in [-0.4, -0.2) is 74.7 Å². The number of nitrogen functional groups attached to an aromatic ring is 1. The van der Waals surface area contributed by atoms with Crippen molar-refractivity contribution in [3.8, 4) is 11.3 Å². The van der Waals surface area contributed by atoms with E-state index in [-0.39, 0.29) is 18.1 Å². The van der Waals surface area contributed by atoms with E-state index in [9.17, 15) is 9.59 Å². The number of fused-ring (bicyclic) bond motifs is 1. The maximum absolute atomic E-state index is 12.9. The van der Waals surface area contributed by atoms with E-state index in [1.807, 2.05) is 23.1 Å². The third-order valence-electron chi connectivity index (χ3n) is 7.79. The number of aromatic nitrogens is 3. The highest BCUT2D eigenvalue weighted by Crippen LogP contribution is 2.29. The van der Waals surface area contributed by atoms with Crippen molar-refractivity contribution in [2.75, 3.05) is 37.2 Å². The van der Waals surface area contributed by atoms with Crippen LogP contribution in [0.5, 0.6) is 0 Å². The van der Waals surface area contributed by atoms with Crippen LogP contribution in [0, 0.1) is 0 Å². The van der Waals surface area contributed by atoms with Gasteiger partial charge < -0.3 is 20.9 Å². The zero-order valence-corrected chi connectivity index (χ0v) is 21.0. The summed E-state index contributed by atoms with van der Waals surface area (Å²) in [5.41, 5.74) is 8.45. The van der Waals surface area contributed by atoms with Crippen molar-refractivity contribution < 1.29 is 9.59 Å². The van der Waals surface area contributed by atoms with E-state index < -0.39 is 0 Å². The molecule has 10 nitrogen and oxygen atoms in total. The largest absolute Gasteiger partial charge is 0.385 e. The molecule has 0 bridgehead atoms. The van der Waals surface area contributed by atoms with E-state index in [1.165, 1.54) is 43.2 Å². The Hall–Kier alpha value is -3.66. The van der Waals surface area contributed by atoms with Crippen molar-refractivity contribution >= 4 is 34.6 Å². The van der Waals surface area contributed by atoms with Gasteiger partial charge >= 0.3 is 12.1 Å². The molecule has 2 aromatic heterocycles. The van der Waals surface area contributed by atoms with Gasteiger partial charge in [-0.3, -0.25) is 5.32 Å². The second kappa shape index (κ2) is 10.0. The molecular weight excluding hydrogens is 468 g/mol. The quantitative estimate of drug-likeness (QED) is 0.498. The molecule has 3 aliphatic rings. The number of nitrogens with two attached hydrogens (primary N) is 1. The molecule has 3 amide bonds. The SMILES string of the molecule is Nc1cc2cc(-c3cc(NC(=O)N4CCC(N5CCCCC5)CC4)ncn3)ccc2n1C(=O)NC1CC1. The molecule has 4 N–H and O–H groups in total. The fourth-order valence-electron chi connectivity index (χ4n) is 5.58. The summed E-state index contributed by atoms with van der Waals surface area (Å²) in [4.78, 5) is 38.7. The van der Waals surface area contributed by atoms with Crippen molar-refractivity contribution in [3.05, 3.63) is 36.7 Å². The van der Waals surface area contributed by atoms with Crippen molar-refractivity contribution in [2.24, 2.45) is 0 Å². The van der Waals surface area contributed by atoms with E-state index in [0.717, 1.165) is 55.2 Å². The minimum atomic E-state index is -0.199. The van der Waals surface area contributed by atoms with Gasteiger partial charge in [0, 0.05) is 42.2 Å². The third-order valence-corrected chi connectivity index (χ3v) is 7.79. The van der Waals surface area contributed by atoms with E-state index in [4.69, 9.17) is 5.73 Å². The fraction of sp³-hybridized carbons (Fsp3) is 0.481. The van der Waals surface area contributed by atoms with Crippen LogP contribution in [0.4, 0.5) is 21.2 Å². The molecule has 10 heteroatoms. The number of carbonyl (C=O) groups is 2. The van der Waals surface area contributed by atoms with Crippen LogP contribution in [0.25, 0.3) is 22.2 Å². The zero-order chi connectivity index (χ0) is 25.4. The number of hydrogen-bond acceptors (Lipinski definition) is 6. The zero-order valence-electron chi connectivity index (χ0n) is 21.0. The third kappa shape index (κ3) is 5.11. The molecule has 0 unspecified atom stereocenters. The Morgan fingerprint density at radius 3 is 2.43 bits per heavy atom. The van der Waals surface area contributed by atoms with Gasteiger partial charge in [0.2, 0.25) is 0 Å². The molecule has 0 radical (unpaired) electrons. The Kier molecular flexibility index (Phi) is 6.42. The van der Waals surface area contributed by atoms with Gasteiger partial charge in [-0.25, -0.2) is 24.1 Å². The summed E-state index contributed by atoms with van der Waals surface area (Å²) in [6, 6.07) is 9.82. The van der Waals surface area contributed by atoms with Crippen LogP contribution in [0.15, 0.2) is 36.7 Å². The number of hydrogen-bond donors (Lipinski definition) is 3. The van der Waals surface area contributed by atoms with Gasteiger partial charge in [-0.05, 0) is 69.8 Å². The smallest absolute Gasteiger partial charge is 0.327 e. The van der Waals surface area contributed by atoms with Gasteiger partial charge in [-0.1, -0.05) is 12.5 Å². The maximum atomic E-state index is 12.9. The number of rotatable bonds is 4. The topological polar surface area (TPSA) is 121 Å². The lowest BCUT2D eigenvalue weighted by Crippen LogP contribution is -2.49. The monoisotopic (exact) mass is 502 g/mol. The first-order chi connectivity index (χ1) is 18.0. The van der Waals surface area contributed by atoms with Crippen molar-refractivity contribution in [3.63, 3.8) is 0 Å². The average molecular weight is 503 g/mol. The Morgan fingerprint density at radius 1 is 0.892 bits per heavy atom. The number of anilines is 2. The Balaban J connectivity index is 1.12. The molecule has 1 saturated carbocycles. The second-order valence-corrected chi connectivity index (χ2v) is 10.4. The molecular formula is C27H34N8O2. The highest BCUT2D eigenvalue weighted by molar-refractivity contribution is 5.98. The van der Waals surface area contributed by atoms with Gasteiger partial charge in [0.25, 0.3) is 0 Å². The lowest BCUT2D eigenvalue weighted by Gasteiger charge is -2.40. The molecule has 3 fully saturated rings. The molecule has 0 spiro atoms. The summed E-state index contributed by atoms with van der Waals surface area (Å²) >= 11 is 0. The number of amides is 3. The first-order valence-electron chi connectivity index (χ1n) is 13.4. The lowest BCUT2D eigenvalue weighted by atomic mass is 10.0. The molecule has 0 atom stereocenters. The number of piperidine rings is 2. The number of nitrogens with one attached hydrogen (secondary N) is 2. The molecule has 2 aliphatic heterocycles. The number of nitrogens with zero attached hydrogens (tertiary/aromatic N) is 5. The van der Waals surface area contributed by atoms with Crippen molar-refractivity contribution in [2.45, 2.75) is 57.0 Å². The van der Waals surface area contributed by atoms with E-state index in [2.05, 4.69) is 25.5 Å². The normalized spacial score (nSPS) is 19.2. The predicted molar refractivity (Wildman–Crippen MR) is 143 cm³/mol. The Bertz CT molecular complexity index is 1300. The van der Waals surface area contributed by atoms with Crippen LogP contribution in [0.2, 0.25) is 0 Å². The first-order valence-corrected chi connectivity index (χ1v) is 13.4. The van der Waals surface area contributed by atoms with Crippen molar-refractivity contribution in [1.29, 1.82) is 0 Å². The summed E-state index contributed by atoms with van der Waals surface area (Å²) in [7, 11) is 0. The number of likely N-dealkylation sites (tertiary alicyclic amines) is 2. The maximum Gasteiger partial charge on any atom is 0.327 e. The van der Waals surface area contributed by atoms with Gasteiger partial charge in [0.05, 0.1) is 11.2 Å². The molecule has 37 heavy (non-hydrogen) atoms. The Morgan fingerprint density at radius 2 is 1.68 bits per heavy atom.